The molecule has 2 heteroatoms. The lowest BCUT2D eigenvalue weighted by molar-refractivity contribution is 1.31. The molecule has 1 aliphatic carbocycles. The van der Waals surface area contributed by atoms with Gasteiger partial charge in [0.15, 0.2) is 0 Å². The van der Waals surface area contributed by atoms with Crippen LogP contribution in [0.15, 0.2) is 23.2 Å². The fourth-order valence-corrected chi connectivity index (χ4v) is 1.62. The summed E-state index contributed by atoms with van der Waals surface area (Å²) in [6.07, 6.45) is 6.05. The Kier molecular flexibility index (Phi) is 1.50. The summed E-state index contributed by atoms with van der Waals surface area (Å²) in [5.41, 5.74) is 6.23. The van der Waals surface area contributed by atoms with Crippen molar-refractivity contribution in [3.63, 3.8) is 0 Å². The fourth-order valence-electron chi connectivity index (χ4n) is 0.978. The van der Waals surface area contributed by atoms with Gasteiger partial charge in [0.1, 0.15) is 0 Å². The van der Waals surface area contributed by atoms with Gasteiger partial charge < -0.3 is 0 Å². The number of rotatable bonds is 0. The van der Waals surface area contributed by atoms with Crippen molar-refractivity contribution >= 4 is 23.1 Å². The average Bonchev–Trinajstić information content (AvgIpc) is 2.31. The van der Waals surface area contributed by atoms with Gasteiger partial charge in [-0.25, -0.2) is 4.98 Å². The number of hydrogen-bond donors (Lipinski definition) is 0. The lowest BCUT2D eigenvalue weighted by Gasteiger charge is -1.81. The summed E-state index contributed by atoms with van der Waals surface area (Å²) in [5.74, 6) is 0. The molecule has 2 rings (SSSR count). The quantitative estimate of drug-likeness (QED) is 0.549. The molecule has 0 saturated heterocycles. The van der Waals surface area contributed by atoms with Crippen molar-refractivity contribution in [1.29, 1.82) is 0 Å². The molecule has 0 unspecified atom stereocenters. The summed E-state index contributed by atoms with van der Waals surface area (Å²) >= 11 is 1.62. The highest BCUT2D eigenvalue weighted by Gasteiger charge is 1.90. The molecule has 0 radical (unpaired) electrons. The van der Waals surface area contributed by atoms with Crippen molar-refractivity contribution in [2.75, 3.05) is 0 Å². The minimum Gasteiger partial charge on any atom is -0.244 e. The third kappa shape index (κ3) is 1.18. The van der Waals surface area contributed by atoms with Gasteiger partial charge in [-0.15, -0.1) is 11.3 Å². The van der Waals surface area contributed by atoms with Crippen molar-refractivity contribution in [1.82, 2.24) is 4.98 Å². The van der Waals surface area contributed by atoms with Crippen LogP contribution in [0.2, 0.25) is 0 Å². The highest BCUT2D eigenvalue weighted by Crippen LogP contribution is 1.94. The fraction of sp³-hybridized carbons (Fsp3) is 0.111. The lowest BCUT2D eigenvalue weighted by Crippen LogP contribution is -2.18. The third-order valence-electron chi connectivity index (χ3n) is 1.52. The zero-order chi connectivity index (χ0) is 7.68. The third-order valence-corrected chi connectivity index (χ3v) is 2.29. The number of hydrogen-bond acceptors (Lipinski definition) is 2. The minimum absolute atomic E-state index is 1.04. The van der Waals surface area contributed by atoms with Crippen molar-refractivity contribution in [2.45, 2.75) is 6.92 Å². The number of fused-ring (bicyclic) bond motifs is 1. The smallest absolute Gasteiger partial charge is 0.0961 e. The monoisotopic (exact) mass is 161 g/mol. The van der Waals surface area contributed by atoms with Gasteiger partial charge in [0, 0.05) is 0 Å². The van der Waals surface area contributed by atoms with Crippen molar-refractivity contribution in [2.24, 2.45) is 0 Å². The van der Waals surface area contributed by atoms with Crippen LogP contribution in [0.3, 0.4) is 0 Å². The van der Waals surface area contributed by atoms with Crippen LogP contribution in [0.4, 0.5) is 0 Å². The topological polar surface area (TPSA) is 12.9 Å². The van der Waals surface area contributed by atoms with E-state index in [1.54, 1.807) is 11.3 Å². The summed E-state index contributed by atoms with van der Waals surface area (Å²) in [7, 11) is 0. The van der Waals surface area contributed by atoms with Crippen LogP contribution in [-0.2, 0) is 0 Å². The van der Waals surface area contributed by atoms with E-state index in [-0.39, 0.29) is 0 Å². The van der Waals surface area contributed by atoms with Gasteiger partial charge in [-0.1, -0.05) is 11.8 Å². The van der Waals surface area contributed by atoms with E-state index in [0.29, 0.717) is 0 Å². The molecule has 0 bridgehead atoms. The second kappa shape index (κ2) is 2.50. The molecule has 1 aliphatic rings. The van der Waals surface area contributed by atoms with E-state index < -0.39 is 0 Å². The lowest BCUT2D eigenvalue weighted by atomic mass is 10.3. The SMILES string of the molecule is CC1=CC=C=c2scnc2=C1. The number of thiazole rings is 1. The van der Waals surface area contributed by atoms with Crippen molar-refractivity contribution in [3.05, 3.63) is 33.1 Å². The minimum atomic E-state index is 1.04. The molecule has 1 aromatic heterocycles. The maximum absolute atomic E-state index is 4.21. The standard InChI is InChI=1S/C9H7NS/c1-7-3-2-4-9-8(5-7)10-6-11-9/h2-3,5-6H,1H3. The number of nitrogens with zero attached hydrogens (tertiary/aromatic N) is 1. The molecule has 0 saturated carbocycles. The van der Waals surface area contributed by atoms with Gasteiger partial charge in [0.2, 0.25) is 0 Å². The largest absolute Gasteiger partial charge is 0.244 e. The highest BCUT2D eigenvalue weighted by molar-refractivity contribution is 7.07. The first kappa shape index (κ1) is 6.59. The van der Waals surface area contributed by atoms with E-state index in [9.17, 15) is 0 Å². The van der Waals surface area contributed by atoms with Crippen molar-refractivity contribution < 1.29 is 0 Å². The van der Waals surface area contributed by atoms with Crippen LogP contribution in [0.5, 0.6) is 0 Å². The summed E-state index contributed by atoms with van der Waals surface area (Å²) in [6.45, 7) is 2.06. The van der Waals surface area contributed by atoms with Gasteiger partial charge in [0.25, 0.3) is 0 Å². The molecule has 1 aromatic rings. The predicted molar refractivity (Wildman–Crippen MR) is 47.6 cm³/mol. The molecule has 0 atom stereocenters. The van der Waals surface area contributed by atoms with Gasteiger partial charge in [0.05, 0.1) is 15.4 Å². The van der Waals surface area contributed by atoms with Gasteiger partial charge >= 0.3 is 0 Å². The summed E-state index contributed by atoms with van der Waals surface area (Å²) in [5, 5.41) is 1.04. The first-order valence-electron chi connectivity index (χ1n) is 3.41. The van der Waals surface area contributed by atoms with Crippen LogP contribution in [0.25, 0.3) is 11.8 Å². The van der Waals surface area contributed by atoms with Gasteiger partial charge in [-0.2, -0.15) is 0 Å². The molecule has 0 aliphatic heterocycles. The van der Waals surface area contributed by atoms with E-state index in [2.05, 4.69) is 23.7 Å². The Hall–Kier alpha value is -1.11. The second-order valence-electron chi connectivity index (χ2n) is 2.43. The molecular formula is C9H7NS. The Morgan fingerprint density at radius 3 is 3.36 bits per heavy atom. The van der Waals surface area contributed by atoms with Crippen LogP contribution >= 0.6 is 11.3 Å². The van der Waals surface area contributed by atoms with Crippen LogP contribution in [0.1, 0.15) is 6.92 Å². The molecule has 1 nitrogen and oxygen atoms in total. The predicted octanol–water partition coefficient (Wildman–Crippen LogP) is 0.819. The van der Waals surface area contributed by atoms with E-state index in [1.165, 1.54) is 5.57 Å². The normalized spacial score (nSPS) is 14.1. The molecule has 0 spiro atoms. The maximum atomic E-state index is 4.21. The van der Waals surface area contributed by atoms with Crippen LogP contribution < -0.4 is 9.88 Å². The first-order valence-corrected chi connectivity index (χ1v) is 4.29. The number of aromatic nitrogens is 1. The Balaban J connectivity index is 2.93. The molecule has 0 amide bonds. The van der Waals surface area contributed by atoms with E-state index >= 15 is 0 Å². The number of allylic oxidation sites excluding steroid dienone is 3. The Morgan fingerprint density at radius 2 is 2.45 bits per heavy atom. The Bertz CT molecular complexity index is 444. The average molecular weight is 161 g/mol. The highest BCUT2D eigenvalue weighted by atomic mass is 32.1. The zero-order valence-corrected chi connectivity index (χ0v) is 6.98. The van der Waals surface area contributed by atoms with Gasteiger partial charge in [-0.05, 0) is 24.6 Å². The molecule has 1 heterocycles. The van der Waals surface area contributed by atoms with E-state index in [0.717, 1.165) is 9.88 Å². The molecule has 0 fully saturated rings. The van der Waals surface area contributed by atoms with Crippen molar-refractivity contribution in [3.8, 4) is 0 Å². The summed E-state index contributed by atoms with van der Waals surface area (Å²) in [6, 6.07) is 0. The van der Waals surface area contributed by atoms with Crippen LogP contribution in [0, 0.1) is 0 Å². The maximum Gasteiger partial charge on any atom is 0.0961 e. The Morgan fingerprint density at radius 1 is 1.55 bits per heavy atom. The molecule has 11 heavy (non-hydrogen) atoms. The molecule has 54 valence electrons. The van der Waals surface area contributed by atoms with Crippen LogP contribution in [-0.4, -0.2) is 4.98 Å². The molecule has 0 aromatic carbocycles. The summed E-state index contributed by atoms with van der Waals surface area (Å²) < 4.78 is 1.12. The van der Waals surface area contributed by atoms with Gasteiger partial charge in [-0.3, -0.25) is 0 Å². The van der Waals surface area contributed by atoms with E-state index in [4.69, 9.17) is 0 Å². The summed E-state index contributed by atoms with van der Waals surface area (Å²) in [4.78, 5) is 4.21. The first-order chi connectivity index (χ1) is 5.36. The molecule has 0 N–H and O–H groups in total. The second-order valence-corrected chi connectivity index (χ2v) is 3.29. The van der Waals surface area contributed by atoms with E-state index in [1.807, 2.05) is 17.7 Å². The Labute approximate surface area is 68.7 Å². The zero-order valence-electron chi connectivity index (χ0n) is 6.16. The molecular weight excluding hydrogens is 154 g/mol.